The molecule has 0 aliphatic heterocycles. The van der Waals surface area contributed by atoms with Crippen LogP contribution in [0.25, 0.3) is 0 Å². The Kier molecular flexibility index (Phi) is 3.51. The van der Waals surface area contributed by atoms with E-state index in [9.17, 15) is 5.11 Å². The van der Waals surface area contributed by atoms with Gasteiger partial charge in [-0.1, -0.05) is 11.8 Å². The van der Waals surface area contributed by atoms with Gasteiger partial charge in [0.25, 0.3) is 0 Å². The van der Waals surface area contributed by atoms with Crippen LogP contribution >= 0.6 is 27.7 Å². The Hall–Kier alpha value is -1.00. The van der Waals surface area contributed by atoms with E-state index in [0.29, 0.717) is 0 Å². The zero-order valence-corrected chi connectivity index (χ0v) is 11.0. The lowest BCUT2D eigenvalue weighted by Crippen LogP contribution is -1.83. The number of rotatable bonds is 2. The number of phenolic OH excluding ortho intramolecular Hbond substituents is 1. The molecule has 0 amide bonds. The summed E-state index contributed by atoms with van der Waals surface area (Å²) in [7, 11) is 0. The Bertz CT molecular complexity index is 499. The van der Waals surface area contributed by atoms with Gasteiger partial charge >= 0.3 is 0 Å². The molecular weight excluding hydrogens is 286 g/mol. The highest BCUT2D eigenvalue weighted by Crippen LogP contribution is 2.29. The number of nitrogens with zero attached hydrogens (tertiary/aromatic N) is 1. The molecule has 1 heterocycles. The molecule has 0 unspecified atom stereocenters. The quantitative estimate of drug-likeness (QED) is 0.909. The van der Waals surface area contributed by atoms with Gasteiger partial charge < -0.3 is 5.11 Å². The van der Waals surface area contributed by atoms with Crippen molar-refractivity contribution in [3.63, 3.8) is 0 Å². The second-order valence-corrected chi connectivity index (χ2v) is 5.32. The minimum atomic E-state index is 0.282. The van der Waals surface area contributed by atoms with Gasteiger partial charge in [-0.15, -0.1) is 0 Å². The molecule has 2 aromatic rings. The summed E-state index contributed by atoms with van der Waals surface area (Å²) in [5.41, 5.74) is 1.16. The average Bonchev–Trinajstić information content (AvgIpc) is 2.27. The molecular formula is C12H10BrNOS. The predicted octanol–water partition coefficient (Wildman–Crippen LogP) is 4.01. The van der Waals surface area contributed by atoms with E-state index in [0.717, 1.165) is 20.0 Å². The molecule has 2 nitrogen and oxygen atoms in total. The van der Waals surface area contributed by atoms with Gasteiger partial charge in [-0.2, -0.15) is 0 Å². The van der Waals surface area contributed by atoms with Crippen LogP contribution in [0.3, 0.4) is 0 Å². The van der Waals surface area contributed by atoms with E-state index >= 15 is 0 Å². The van der Waals surface area contributed by atoms with Crippen molar-refractivity contribution in [2.45, 2.75) is 16.8 Å². The number of hydrogen-bond donors (Lipinski definition) is 1. The van der Waals surface area contributed by atoms with Gasteiger partial charge in [-0.05, 0) is 58.7 Å². The normalized spacial score (nSPS) is 10.4. The Morgan fingerprint density at radius 2 is 1.94 bits per heavy atom. The molecule has 0 fully saturated rings. The summed E-state index contributed by atoms with van der Waals surface area (Å²) in [6.45, 7) is 2.03. The van der Waals surface area contributed by atoms with Crippen molar-refractivity contribution in [2.75, 3.05) is 0 Å². The van der Waals surface area contributed by atoms with Crippen molar-refractivity contribution in [3.8, 4) is 5.75 Å². The van der Waals surface area contributed by atoms with Crippen molar-refractivity contribution >= 4 is 27.7 Å². The van der Waals surface area contributed by atoms with Crippen LogP contribution in [0.2, 0.25) is 0 Å². The molecule has 1 N–H and O–H groups in total. The van der Waals surface area contributed by atoms with E-state index in [2.05, 4.69) is 20.9 Å². The SMILES string of the molecule is Cc1cc(Sc2ccc(O)cc2)ncc1Br. The summed E-state index contributed by atoms with van der Waals surface area (Å²) in [4.78, 5) is 5.37. The molecule has 0 aliphatic carbocycles. The molecule has 0 saturated carbocycles. The predicted molar refractivity (Wildman–Crippen MR) is 68.9 cm³/mol. The number of aromatic nitrogens is 1. The van der Waals surface area contributed by atoms with Crippen LogP contribution in [-0.4, -0.2) is 10.1 Å². The highest BCUT2D eigenvalue weighted by Gasteiger charge is 2.01. The first kappa shape index (κ1) is 11.5. The average molecular weight is 296 g/mol. The van der Waals surface area contributed by atoms with Crippen molar-refractivity contribution in [1.29, 1.82) is 0 Å². The molecule has 1 aromatic heterocycles. The lowest BCUT2D eigenvalue weighted by atomic mass is 10.3. The summed E-state index contributed by atoms with van der Waals surface area (Å²) in [5.74, 6) is 0.282. The molecule has 2 rings (SSSR count). The first-order valence-electron chi connectivity index (χ1n) is 4.74. The number of halogens is 1. The molecule has 0 atom stereocenters. The Labute approximate surface area is 107 Å². The van der Waals surface area contributed by atoms with Crippen LogP contribution in [0.5, 0.6) is 5.75 Å². The summed E-state index contributed by atoms with van der Waals surface area (Å²) in [5, 5.41) is 10.1. The lowest BCUT2D eigenvalue weighted by molar-refractivity contribution is 0.475. The van der Waals surface area contributed by atoms with E-state index in [4.69, 9.17) is 0 Å². The first-order chi connectivity index (χ1) is 7.65. The van der Waals surface area contributed by atoms with E-state index < -0.39 is 0 Å². The lowest BCUT2D eigenvalue weighted by Gasteiger charge is -2.03. The summed E-state index contributed by atoms with van der Waals surface area (Å²) < 4.78 is 1.02. The topological polar surface area (TPSA) is 33.1 Å². The Morgan fingerprint density at radius 3 is 2.56 bits per heavy atom. The highest BCUT2D eigenvalue weighted by molar-refractivity contribution is 9.10. The standard InChI is InChI=1S/C12H10BrNOS/c1-8-6-12(14-7-11(8)13)16-10-4-2-9(15)3-5-10/h2-7,15H,1H3. The van der Waals surface area contributed by atoms with E-state index in [1.807, 2.05) is 25.1 Å². The maximum Gasteiger partial charge on any atom is 0.115 e. The van der Waals surface area contributed by atoms with Crippen molar-refractivity contribution < 1.29 is 5.11 Å². The smallest absolute Gasteiger partial charge is 0.115 e. The van der Waals surface area contributed by atoms with Crippen molar-refractivity contribution in [1.82, 2.24) is 4.98 Å². The number of aromatic hydroxyl groups is 1. The molecule has 0 aliphatic rings. The number of benzene rings is 1. The monoisotopic (exact) mass is 295 g/mol. The van der Waals surface area contributed by atoms with Gasteiger partial charge in [-0.3, -0.25) is 0 Å². The first-order valence-corrected chi connectivity index (χ1v) is 6.35. The second kappa shape index (κ2) is 4.89. The van der Waals surface area contributed by atoms with Gasteiger partial charge in [0.2, 0.25) is 0 Å². The third kappa shape index (κ3) is 2.77. The van der Waals surface area contributed by atoms with Gasteiger partial charge in [0.05, 0.1) is 0 Å². The number of pyridine rings is 1. The van der Waals surface area contributed by atoms with E-state index in [1.54, 1.807) is 30.1 Å². The molecule has 0 saturated heterocycles. The fourth-order valence-electron chi connectivity index (χ4n) is 1.20. The maximum absolute atomic E-state index is 9.17. The largest absolute Gasteiger partial charge is 0.508 e. The van der Waals surface area contributed by atoms with E-state index in [-0.39, 0.29) is 5.75 Å². The minimum Gasteiger partial charge on any atom is -0.508 e. The van der Waals surface area contributed by atoms with Crippen LogP contribution in [0, 0.1) is 6.92 Å². The van der Waals surface area contributed by atoms with Crippen LogP contribution < -0.4 is 0 Å². The maximum atomic E-state index is 9.17. The molecule has 0 spiro atoms. The van der Waals surface area contributed by atoms with Crippen molar-refractivity contribution in [3.05, 3.63) is 46.6 Å². The fraction of sp³-hybridized carbons (Fsp3) is 0.0833. The molecule has 4 heteroatoms. The van der Waals surface area contributed by atoms with Gasteiger partial charge in [0.1, 0.15) is 10.8 Å². The zero-order chi connectivity index (χ0) is 11.5. The summed E-state index contributed by atoms with van der Waals surface area (Å²) >= 11 is 5.00. The molecule has 0 bridgehead atoms. The van der Waals surface area contributed by atoms with Gasteiger partial charge in [0, 0.05) is 15.6 Å². The highest BCUT2D eigenvalue weighted by atomic mass is 79.9. The molecule has 0 radical (unpaired) electrons. The summed E-state index contributed by atoms with van der Waals surface area (Å²) in [6.07, 6.45) is 1.80. The van der Waals surface area contributed by atoms with E-state index in [1.165, 1.54) is 0 Å². The molecule has 1 aromatic carbocycles. The third-order valence-electron chi connectivity index (χ3n) is 2.08. The Balaban J connectivity index is 2.20. The summed E-state index contributed by atoms with van der Waals surface area (Å²) in [6, 6.07) is 9.13. The number of aryl methyl sites for hydroxylation is 1. The van der Waals surface area contributed by atoms with Crippen LogP contribution in [0.1, 0.15) is 5.56 Å². The number of phenols is 1. The van der Waals surface area contributed by atoms with Crippen LogP contribution in [0.4, 0.5) is 0 Å². The molecule has 82 valence electrons. The van der Waals surface area contributed by atoms with Gasteiger partial charge in [0.15, 0.2) is 0 Å². The second-order valence-electron chi connectivity index (χ2n) is 3.37. The minimum absolute atomic E-state index is 0.282. The van der Waals surface area contributed by atoms with Crippen LogP contribution in [0.15, 0.2) is 50.9 Å². The van der Waals surface area contributed by atoms with Crippen molar-refractivity contribution in [2.24, 2.45) is 0 Å². The Morgan fingerprint density at radius 1 is 1.25 bits per heavy atom. The third-order valence-corrected chi connectivity index (χ3v) is 3.85. The van der Waals surface area contributed by atoms with Crippen LogP contribution in [-0.2, 0) is 0 Å². The van der Waals surface area contributed by atoms with Gasteiger partial charge in [-0.25, -0.2) is 4.98 Å². The zero-order valence-electron chi connectivity index (χ0n) is 8.64. The number of hydrogen-bond acceptors (Lipinski definition) is 3. The molecule has 16 heavy (non-hydrogen) atoms. The fourth-order valence-corrected chi connectivity index (χ4v) is 2.28.